The SMILES string of the molecule is CC(C)(C)[Si](C)(C)[Si](Cl)[Si](Cl)[Si](C)(C)C(C)(C)C.C[Si](C)C(C)(C)C.C[Si](C)C(C)(C)C.[Ge]. The van der Waals surface area contributed by atoms with Gasteiger partial charge in [0.25, 0.3) is 0 Å². The van der Waals surface area contributed by atoms with Crippen molar-refractivity contribution in [2.24, 2.45) is 0 Å². The van der Waals surface area contributed by atoms with E-state index in [2.05, 4.69) is 135 Å². The van der Waals surface area contributed by atoms with E-state index >= 15 is 0 Å². The maximum atomic E-state index is 7.01. The predicted molar refractivity (Wildman–Crippen MR) is 178 cm³/mol. The zero-order valence-electron chi connectivity index (χ0n) is 26.3. The smallest absolute Gasteiger partial charge is 0.158 e. The van der Waals surface area contributed by atoms with E-state index in [0.717, 1.165) is 0 Å². The fraction of sp³-hybridized carbons (Fsp3) is 1.00. The van der Waals surface area contributed by atoms with Crippen molar-refractivity contribution in [2.45, 2.75) is 156 Å². The zero-order chi connectivity index (χ0) is 27.3. The summed E-state index contributed by atoms with van der Waals surface area (Å²) in [4.78, 5) is 0. The molecule has 0 rings (SSSR count). The molecule has 0 aliphatic heterocycles. The Morgan fingerprint density at radius 1 is 0.455 bits per heavy atom. The molecule has 0 N–H and O–H groups in total. The van der Waals surface area contributed by atoms with Crippen LogP contribution in [0.1, 0.15) is 83.1 Å². The largest absolute Gasteiger partial charge is 0.175 e. The summed E-state index contributed by atoms with van der Waals surface area (Å²) in [6, 6.07) is 0. The van der Waals surface area contributed by atoms with Gasteiger partial charge in [-0.3, -0.25) is 0 Å². The van der Waals surface area contributed by atoms with E-state index in [4.69, 9.17) is 22.2 Å². The van der Waals surface area contributed by atoms with Crippen LogP contribution in [-0.2, 0) is 0 Å². The third-order valence-electron chi connectivity index (χ3n) is 8.04. The fourth-order valence-electron chi connectivity index (χ4n) is 1.21. The van der Waals surface area contributed by atoms with E-state index in [0.29, 0.717) is 20.2 Å². The number of halogens is 2. The molecule has 9 heteroatoms. The van der Waals surface area contributed by atoms with Crippen LogP contribution >= 0.6 is 22.2 Å². The Hall–Kier alpha value is 2.42. The molecule has 0 spiro atoms. The molecule has 0 unspecified atom stereocenters. The van der Waals surface area contributed by atoms with E-state index in [1.165, 1.54) is 0 Å². The van der Waals surface area contributed by atoms with Gasteiger partial charge in [0.1, 0.15) is 0 Å². The summed E-state index contributed by atoms with van der Waals surface area (Å²) in [6.45, 7) is 47.2. The summed E-state index contributed by atoms with van der Waals surface area (Å²) < 4.78 is 0. The first-order valence-electron chi connectivity index (χ1n) is 12.1. The molecule has 0 aromatic rings. The van der Waals surface area contributed by atoms with Crippen LogP contribution in [0, 0.1) is 0 Å². The van der Waals surface area contributed by atoms with Crippen LogP contribution in [0.4, 0.5) is 0 Å². The van der Waals surface area contributed by atoms with Gasteiger partial charge in [0.15, 0.2) is 14.3 Å². The van der Waals surface area contributed by atoms with Gasteiger partial charge in [-0.15, -0.1) is 0 Å². The summed E-state index contributed by atoms with van der Waals surface area (Å²) in [5.41, 5.74) is 0. The van der Waals surface area contributed by atoms with Gasteiger partial charge in [0.05, 0.1) is 15.2 Å². The minimum atomic E-state index is -1.44. The van der Waals surface area contributed by atoms with Gasteiger partial charge >= 0.3 is 0 Å². The second-order valence-electron chi connectivity index (χ2n) is 14.9. The quantitative estimate of drug-likeness (QED) is 0.209. The van der Waals surface area contributed by atoms with Crippen molar-refractivity contribution in [1.29, 1.82) is 0 Å². The van der Waals surface area contributed by atoms with Crippen molar-refractivity contribution in [3.8, 4) is 0 Å². The number of hydrogen-bond donors (Lipinski definition) is 0. The second-order valence-corrected chi connectivity index (χ2v) is 55.2. The Morgan fingerprint density at radius 3 is 0.636 bits per heavy atom. The molecule has 0 heterocycles. The van der Waals surface area contributed by atoms with Crippen LogP contribution < -0.4 is 0 Å². The topological polar surface area (TPSA) is 0 Å². The molecule has 0 aliphatic rings. The van der Waals surface area contributed by atoms with Gasteiger partial charge in [-0.1, -0.05) is 135 Å². The van der Waals surface area contributed by atoms with Crippen LogP contribution in [-0.4, -0.2) is 64.7 Å². The Labute approximate surface area is 240 Å². The maximum absolute atomic E-state index is 7.01. The van der Waals surface area contributed by atoms with Crippen LogP contribution in [0.3, 0.4) is 0 Å². The van der Waals surface area contributed by atoms with E-state index in [9.17, 15) is 0 Å². The molecule has 33 heavy (non-hydrogen) atoms. The van der Waals surface area contributed by atoms with E-state index in [1.54, 1.807) is 0 Å². The Morgan fingerprint density at radius 2 is 0.576 bits per heavy atom. The van der Waals surface area contributed by atoms with Crippen molar-refractivity contribution in [3.05, 3.63) is 0 Å². The molecule has 0 amide bonds. The molecule has 8 radical (unpaired) electrons. The van der Waals surface area contributed by atoms with Gasteiger partial charge in [0.2, 0.25) is 0 Å². The summed E-state index contributed by atoms with van der Waals surface area (Å²) in [5, 5.41) is 1.92. The van der Waals surface area contributed by atoms with Gasteiger partial charge in [-0.2, -0.15) is 22.2 Å². The van der Waals surface area contributed by atoms with Gasteiger partial charge in [0, 0.05) is 35.2 Å². The summed E-state index contributed by atoms with van der Waals surface area (Å²) in [6.07, 6.45) is 0. The first kappa shape index (κ1) is 42.5. The maximum Gasteiger partial charge on any atom is 0.158 e. The van der Waals surface area contributed by atoms with E-state index < -0.39 is 29.5 Å². The van der Waals surface area contributed by atoms with Gasteiger partial charge in [-0.25, -0.2) is 0 Å². The first-order valence-corrected chi connectivity index (χ1v) is 31.2. The molecular formula is C24H60Cl2GeSi6. The Kier molecular flexibility index (Phi) is 19.5. The Bertz CT molecular complexity index is 477. The van der Waals surface area contributed by atoms with Crippen LogP contribution in [0.2, 0.25) is 72.5 Å². The molecule has 0 saturated carbocycles. The normalized spacial score (nSPS) is 14.0. The summed E-state index contributed by atoms with van der Waals surface area (Å²) >= 11 is 14.0. The molecule has 0 fully saturated rings. The van der Waals surface area contributed by atoms with E-state index in [-0.39, 0.29) is 35.2 Å². The van der Waals surface area contributed by atoms with Crippen molar-refractivity contribution in [3.63, 3.8) is 0 Å². The number of rotatable bonds is 3. The molecular weight excluding hydrogens is 600 g/mol. The predicted octanol–water partition coefficient (Wildman–Crippen LogP) is 10.4. The monoisotopic (exact) mass is 660 g/mol. The zero-order valence-corrected chi connectivity index (χ0v) is 35.9. The molecule has 0 nitrogen and oxygen atoms in total. The van der Waals surface area contributed by atoms with Crippen molar-refractivity contribution < 1.29 is 0 Å². The van der Waals surface area contributed by atoms with Crippen LogP contribution in [0.15, 0.2) is 0 Å². The third-order valence-corrected chi connectivity index (χ3v) is 70.0. The molecule has 0 bridgehead atoms. The molecule has 0 aromatic carbocycles. The molecule has 0 aliphatic carbocycles. The standard InChI is InChI=1S/C12H30Cl2Si4.2C6H15Si.Ge/c1-11(2,3)17(7,8)15(13)16(14)18(9,10)12(4,5)6;2*1-6(2,3)7(4)5;/h1-10H3;2*1-5H3;. The second kappa shape index (κ2) is 15.1. The number of hydrogen-bond acceptors (Lipinski definition) is 0. The minimum absolute atomic E-state index is 0. The Balaban J connectivity index is -0.000000231. The summed E-state index contributed by atoms with van der Waals surface area (Å²) in [5.74, 6) is 0. The molecule has 0 atom stereocenters. The minimum Gasteiger partial charge on any atom is -0.175 e. The summed E-state index contributed by atoms with van der Waals surface area (Å²) in [7, 11) is -4.79. The van der Waals surface area contributed by atoms with Crippen molar-refractivity contribution >= 4 is 86.8 Å². The van der Waals surface area contributed by atoms with Crippen LogP contribution in [0.25, 0.3) is 0 Å². The van der Waals surface area contributed by atoms with Crippen molar-refractivity contribution in [2.75, 3.05) is 0 Å². The van der Waals surface area contributed by atoms with E-state index in [1.807, 2.05) is 0 Å². The van der Waals surface area contributed by atoms with Gasteiger partial charge < -0.3 is 0 Å². The van der Waals surface area contributed by atoms with Crippen molar-refractivity contribution in [1.82, 2.24) is 0 Å². The first-order chi connectivity index (χ1) is 13.5. The molecule has 0 saturated heterocycles. The average molecular weight is 661 g/mol. The third kappa shape index (κ3) is 15.4. The van der Waals surface area contributed by atoms with Crippen LogP contribution in [0.5, 0.6) is 0 Å². The molecule has 0 aromatic heterocycles. The fourth-order valence-corrected chi connectivity index (χ4v) is 62.2. The average Bonchev–Trinajstić information content (AvgIpc) is 2.50. The molecule has 198 valence electrons. The van der Waals surface area contributed by atoms with Gasteiger partial charge in [-0.05, 0) is 20.2 Å².